The van der Waals surface area contributed by atoms with Crippen LogP contribution in [0.2, 0.25) is 0 Å². The molecular weight excluding hydrogens is 654 g/mol. The minimum Gasteiger partial charge on any atom is -0.508 e. The molecule has 8 rings (SSSR count). The molecule has 1 saturated carbocycles. The maximum Gasteiger partial charge on any atom is 0.238 e. The van der Waals surface area contributed by atoms with Crippen LogP contribution >= 0.6 is 15.9 Å². The van der Waals surface area contributed by atoms with Gasteiger partial charge in [-0.3, -0.25) is 24.1 Å². The molecule has 6 atom stereocenters. The maximum absolute atomic E-state index is 15.0. The summed E-state index contributed by atoms with van der Waals surface area (Å²) in [6, 6.07) is 32.7. The van der Waals surface area contributed by atoms with Crippen LogP contribution in [-0.4, -0.2) is 28.5 Å². The molecule has 0 radical (unpaired) electrons. The van der Waals surface area contributed by atoms with Crippen molar-refractivity contribution in [3.63, 3.8) is 0 Å². The van der Waals surface area contributed by atoms with E-state index in [0.29, 0.717) is 23.2 Å². The summed E-state index contributed by atoms with van der Waals surface area (Å²) < 4.78 is 0.839. The zero-order chi connectivity index (χ0) is 32.4. The summed E-state index contributed by atoms with van der Waals surface area (Å²) in [6.07, 6.45) is 4.17. The third kappa shape index (κ3) is 4.36. The number of benzene rings is 4. The van der Waals surface area contributed by atoms with Crippen molar-refractivity contribution in [2.75, 3.05) is 4.90 Å². The number of anilines is 1. The Kier molecular flexibility index (Phi) is 6.99. The fourth-order valence-electron chi connectivity index (χ4n) is 8.76. The Bertz CT molecular complexity index is 2000. The third-order valence-electron chi connectivity index (χ3n) is 10.7. The second kappa shape index (κ2) is 11.1. The summed E-state index contributed by atoms with van der Waals surface area (Å²) in [5.41, 5.74) is 2.66. The minimum absolute atomic E-state index is 0.0862. The summed E-state index contributed by atoms with van der Waals surface area (Å²) in [5.74, 6) is -3.84. The first kappa shape index (κ1) is 29.5. The molecule has 2 amide bonds. The number of carbonyl (C=O) groups excluding carboxylic acids is 4. The van der Waals surface area contributed by atoms with Crippen LogP contribution in [0.3, 0.4) is 0 Å². The van der Waals surface area contributed by atoms with E-state index in [-0.39, 0.29) is 35.6 Å². The molecule has 6 unspecified atom stereocenters. The lowest BCUT2D eigenvalue weighted by Gasteiger charge is -2.55. The molecule has 4 aromatic rings. The highest BCUT2D eigenvalue weighted by atomic mass is 79.9. The van der Waals surface area contributed by atoms with Crippen LogP contribution in [0.4, 0.5) is 5.69 Å². The number of allylic oxidation sites excluding steroid dienone is 4. The van der Waals surface area contributed by atoms with E-state index in [0.717, 1.165) is 21.2 Å². The molecule has 0 aromatic heterocycles. The van der Waals surface area contributed by atoms with E-state index in [1.807, 2.05) is 60.7 Å². The summed E-state index contributed by atoms with van der Waals surface area (Å²) in [7, 11) is 0. The van der Waals surface area contributed by atoms with Gasteiger partial charge in [0, 0.05) is 21.9 Å². The van der Waals surface area contributed by atoms with Crippen molar-refractivity contribution in [2.24, 2.45) is 23.7 Å². The van der Waals surface area contributed by atoms with Crippen molar-refractivity contribution in [3.05, 3.63) is 148 Å². The van der Waals surface area contributed by atoms with Gasteiger partial charge in [0.05, 0.1) is 22.9 Å². The number of nitrogens with zero attached hydrogens (tertiary/aromatic N) is 1. The van der Waals surface area contributed by atoms with Crippen molar-refractivity contribution >= 4 is 50.6 Å². The van der Waals surface area contributed by atoms with Gasteiger partial charge in [0.15, 0.2) is 11.6 Å². The first-order chi connectivity index (χ1) is 22.8. The monoisotopic (exact) mass is 683 g/mol. The number of halogens is 1. The molecule has 1 heterocycles. The van der Waals surface area contributed by atoms with Gasteiger partial charge in [0.1, 0.15) is 5.75 Å². The van der Waals surface area contributed by atoms with Crippen LogP contribution in [0.1, 0.15) is 35.4 Å². The average molecular weight is 685 g/mol. The van der Waals surface area contributed by atoms with Gasteiger partial charge in [-0.15, -0.1) is 0 Å². The number of fused-ring (bicyclic) bond motifs is 4. The second-order valence-corrected chi connectivity index (χ2v) is 13.8. The van der Waals surface area contributed by atoms with Crippen LogP contribution in [-0.2, 0) is 24.6 Å². The Hall–Kier alpha value is -4.88. The van der Waals surface area contributed by atoms with Crippen molar-refractivity contribution in [1.29, 1.82) is 0 Å². The third-order valence-corrected chi connectivity index (χ3v) is 11.2. The smallest absolute Gasteiger partial charge is 0.238 e. The topological polar surface area (TPSA) is 91.8 Å². The summed E-state index contributed by atoms with van der Waals surface area (Å²) in [5, 5.41) is 10.3. The predicted octanol–water partition coefficient (Wildman–Crippen LogP) is 7.18. The van der Waals surface area contributed by atoms with Gasteiger partial charge < -0.3 is 5.11 Å². The molecule has 1 saturated heterocycles. The van der Waals surface area contributed by atoms with Crippen LogP contribution in [0.15, 0.2) is 131 Å². The van der Waals surface area contributed by atoms with Crippen LogP contribution in [0.5, 0.6) is 5.75 Å². The SMILES string of the molecule is O=C1C(c2ccccc2)=CC(=O)C2(c3ccccc3)C1CC1C(=CCC3C(=O)N(c4ccc(Br)cc4)C(=O)C31)C2c1ccc(O)cc1. The Balaban J connectivity index is 1.35. The van der Waals surface area contributed by atoms with Gasteiger partial charge >= 0.3 is 0 Å². The van der Waals surface area contributed by atoms with Gasteiger partial charge in [-0.1, -0.05) is 100 Å². The maximum atomic E-state index is 15.0. The lowest BCUT2D eigenvalue weighted by molar-refractivity contribution is -0.135. The molecule has 1 N–H and O–H groups in total. The van der Waals surface area contributed by atoms with Gasteiger partial charge in [0.2, 0.25) is 11.8 Å². The molecule has 3 aliphatic carbocycles. The number of phenolic OH excluding ortho intramolecular Hbond substituents is 1. The van der Waals surface area contributed by atoms with Crippen LogP contribution in [0.25, 0.3) is 5.57 Å². The highest BCUT2D eigenvalue weighted by Crippen LogP contribution is 2.63. The van der Waals surface area contributed by atoms with Crippen molar-refractivity contribution in [3.8, 4) is 5.75 Å². The zero-order valence-electron chi connectivity index (χ0n) is 25.3. The van der Waals surface area contributed by atoms with E-state index in [1.54, 1.807) is 48.5 Å². The molecule has 232 valence electrons. The van der Waals surface area contributed by atoms with E-state index in [2.05, 4.69) is 22.0 Å². The number of ketones is 2. The van der Waals surface area contributed by atoms with Crippen LogP contribution < -0.4 is 4.90 Å². The highest BCUT2D eigenvalue weighted by molar-refractivity contribution is 9.10. The first-order valence-corrected chi connectivity index (χ1v) is 16.6. The molecular formula is C40H30BrNO5. The van der Waals surface area contributed by atoms with Gasteiger partial charge in [-0.05, 0) is 77.9 Å². The van der Waals surface area contributed by atoms with E-state index >= 15 is 0 Å². The largest absolute Gasteiger partial charge is 0.508 e. The Morgan fingerprint density at radius 1 is 0.745 bits per heavy atom. The van der Waals surface area contributed by atoms with E-state index in [9.17, 15) is 24.3 Å². The molecule has 2 fully saturated rings. The second-order valence-electron chi connectivity index (χ2n) is 12.9. The van der Waals surface area contributed by atoms with Gasteiger partial charge in [-0.2, -0.15) is 0 Å². The quantitative estimate of drug-likeness (QED) is 0.182. The standard InChI is InChI=1S/C40H30BrNO5/c41-26-13-15-27(16-14-26)42-38(46)30-20-19-29-32(35(30)39(42)47)21-33-37(45)31(23-7-3-1-4-8-23)22-34(44)40(33,25-9-5-2-6-10-25)36(29)24-11-17-28(43)18-12-24/h1-19,22,30,32-33,35-36,43H,20-21H2. The molecule has 0 bridgehead atoms. The summed E-state index contributed by atoms with van der Waals surface area (Å²) in [4.78, 5) is 59.5. The number of hydrogen-bond acceptors (Lipinski definition) is 5. The van der Waals surface area contributed by atoms with E-state index < -0.39 is 35.0 Å². The van der Waals surface area contributed by atoms with Crippen molar-refractivity contribution in [1.82, 2.24) is 0 Å². The number of rotatable bonds is 4. The molecule has 47 heavy (non-hydrogen) atoms. The summed E-state index contributed by atoms with van der Waals surface area (Å²) in [6.45, 7) is 0. The lowest BCUT2D eigenvalue weighted by atomic mass is 9.44. The van der Waals surface area contributed by atoms with Crippen molar-refractivity contribution < 1.29 is 24.3 Å². The minimum atomic E-state index is -1.29. The molecule has 4 aromatic carbocycles. The zero-order valence-corrected chi connectivity index (χ0v) is 26.8. The molecule has 7 heteroatoms. The van der Waals surface area contributed by atoms with E-state index in [4.69, 9.17) is 0 Å². The normalized spacial score (nSPS) is 28.3. The fraction of sp³-hybridized carbons (Fsp3) is 0.200. The van der Waals surface area contributed by atoms with Gasteiger partial charge in [-0.25, -0.2) is 0 Å². The molecule has 4 aliphatic rings. The molecule has 6 nitrogen and oxygen atoms in total. The number of phenols is 1. The van der Waals surface area contributed by atoms with Gasteiger partial charge in [0.25, 0.3) is 0 Å². The number of Topliss-reactive ketones (excluding diaryl/α,β-unsaturated/α-hetero) is 1. The number of aromatic hydroxyl groups is 1. The number of imide groups is 1. The van der Waals surface area contributed by atoms with Crippen LogP contribution in [0, 0.1) is 23.7 Å². The van der Waals surface area contributed by atoms with E-state index in [1.165, 1.54) is 11.0 Å². The summed E-state index contributed by atoms with van der Waals surface area (Å²) >= 11 is 3.44. The predicted molar refractivity (Wildman–Crippen MR) is 181 cm³/mol. The lowest BCUT2D eigenvalue weighted by Crippen LogP contribution is -2.58. The Morgan fingerprint density at radius 2 is 1.40 bits per heavy atom. The number of carbonyl (C=O) groups is 4. The van der Waals surface area contributed by atoms with Crippen molar-refractivity contribution in [2.45, 2.75) is 24.2 Å². The molecule has 0 spiro atoms. The number of hydrogen-bond donors (Lipinski definition) is 1. The first-order valence-electron chi connectivity index (χ1n) is 15.8. The molecule has 1 aliphatic heterocycles. The number of amides is 2. The average Bonchev–Trinajstić information content (AvgIpc) is 3.36. The Labute approximate surface area is 280 Å². The fourth-order valence-corrected chi connectivity index (χ4v) is 9.03. The highest BCUT2D eigenvalue weighted by Gasteiger charge is 2.66. The Morgan fingerprint density at radius 3 is 2.09 bits per heavy atom.